The Labute approximate surface area is 182 Å². The second-order valence-electron chi connectivity index (χ2n) is 5.78. The summed E-state index contributed by atoms with van der Waals surface area (Å²) in [6, 6.07) is 14.7. The zero-order valence-corrected chi connectivity index (χ0v) is 17.4. The van der Waals surface area contributed by atoms with Gasteiger partial charge in [0.25, 0.3) is 5.09 Å². The van der Waals surface area contributed by atoms with Crippen molar-refractivity contribution >= 4 is 23.2 Å². The molecule has 0 amide bonds. The number of imidazole rings is 1. The van der Waals surface area contributed by atoms with Crippen LogP contribution in [0, 0.1) is 10.1 Å². The van der Waals surface area contributed by atoms with Crippen molar-refractivity contribution in [2.45, 2.75) is 11.6 Å². The molecule has 0 fully saturated rings. The van der Waals surface area contributed by atoms with Crippen molar-refractivity contribution in [1.82, 2.24) is 9.55 Å². The average Bonchev–Trinajstić information content (AvgIpc) is 3.26. The highest BCUT2D eigenvalue weighted by atomic mass is 35.5. The molecule has 0 aliphatic carbocycles. The van der Waals surface area contributed by atoms with E-state index in [1.54, 1.807) is 42.5 Å². The van der Waals surface area contributed by atoms with Gasteiger partial charge >= 0.3 is 0 Å². The first-order valence-electron chi connectivity index (χ1n) is 8.48. The third kappa shape index (κ3) is 7.43. The van der Waals surface area contributed by atoms with Gasteiger partial charge in [-0.25, -0.2) is 4.98 Å². The Bertz CT molecular complexity index is 903. The van der Waals surface area contributed by atoms with E-state index in [1.807, 2.05) is 36.4 Å². The van der Waals surface area contributed by atoms with E-state index in [0.29, 0.717) is 17.2 Å². The van der Waals surface area contributed by atoms with Crippen LogP contribution in [0.15, 0.2) is 67.3 Å². The van der Waals surface area contributed by atoms with E-state index in [1.165, 1.54) is 0 Å². The molecule has 0 radical (unpaired) electrons. The van der Waals surface area contributed by atoms with Crippen LogP contribution in [-0.4, -0.2) is 33.7 Å². The highest BCUT2D eigenvalue weighted by molar-refractivity contribution is 6.30. The van der Waals surface area contributed by atoms with Crippen molar-refractivity contribution in [3.63, 3.8) is 0 Å². The molecule has 0 bridgehead atoms. The molecule has 1 aromatic heterocycles. The highest BCUT2D eigenvalue weighted by Crippen LogP contribution is 2.29. The fourth-order valence-electron chi connectivity index (χ4n) is 2.39. The number of alkyl halides is 1. The van der Waals surface area contributed by atoms with Crippen molar-refractivity contribution in [3.8, 4) is 11.5 Å². The van der Waals surface area contributed by atoms with Gasteiger partial charge in [0.05, 0.1) is 13.4 Å². The number of ether oxygens (including phenoxy) is 3. The summed E-state index contributed by atoms with van der Waals surface area (Å²) in [5, 5.41) is 13.1. The summed E-state index contributed by atoms with van der Waals surface area (Å²) in [6.07, 6.45) is 5.41. The van der Waals surface area contributed by atoms with Gasteiger partial charge in [0.1, 0.15) is 11.5 Å². The van der Waals surface area contributed by atoms with Crippen LogP contribution in [-0.2, 0) is 16.3 Å². The van der Waals surface area contributed by atoms with Gasteiger partial charge in [-0.15, -0.1) is 10.1 Å². The van der Waals surface area contributed by atoms with Crippen LogP contribution in [0.1, 0.15) is 5.56 Å². The second kappa shape index (κ2) is 11.2. The van der Waals surface area contributed by atoms with Gasteiger partial charge in [-0.3, -0.25) is 4.57 Å². The van der Waals surface area contributed by atoms with Gasteiger partial charge in [-0.1, -0.05) is 35.3 Å². The Morgan fingerprint density at radius 1 is 1.17 bits per heavy atom. The first-order valence-corrected chi connectivity index (χ1v) is 9.24. The molecule has 0 aliphatic heterocycles. The Balaban J connectivity index is 0.000000735. The average molecular weight is 456 g/mol. The Morgan fingerprint density at radius 2 is 1.77 bits per heavy atom. The van der Waals surface area contributed by atoms with Gasteiger partial charge in [-0.05, 0) is 42.0 Å². The number of methoxy groups -OCH3 is 1. The molecule has 0 saturated heterocycles. The molecular weight excluding hydrogens is 437 g/mol. The van der Waals surface area contributed by atoms with E-state index in [2.05, 4.69) is 4.98 Å². The van der Waals surface area contributed by atoms with Crippen LogP contribution in [0.2, 0.25) is 5.02 Å². The number of aromatic nitrogens is 2. The summed E-state index contributed by atoms with van der Waals surface area (Å²) < 4.78 is 18.3. The highest BCUT2D eigenvalue weighted by Gasteiger charge is 2.31. The van der Waals surface area contributed by atoms with Gasteiger partial charge in [-0.2, -0.15) is 0 Å². The number of hydrogen-bond donors (Lipinski definition) is 1. The molecule has 30 heavy (non-hydrogen) atoms. The second-order valence-corrected chi connectivity index (χ2v) is 6.81. The molecule has 9 nitrogen and oxygen atoms in total. The van der Waals surface area contributed by atoms with Crippen molar-refractivity contribution in [2.75, 3.05) is 13.9 Å². The van der Waals surface area contributed by atoms with Gasteiger partial charge in [0, 0.05) is 23.8 Å². The lowest BCUT2D eigenvalue weighted by Gasteiger charge is -2.28. The van der Waals surface area contributed by atoms with Crippen LogP contribution in [0.4, 0.5) is 0 Å². The van der Waals surface area contributed by atoms with Crippen molar-refractivity contribution in [1.29, 1.82) is 0 Å². The van der Waals surface area contributed by atoms with E-state index in [-0.39, 0.29) is 6.79 Å². The summed E-state index contributed by atoms with van der Waals surface area (Å²) in [6.45, 7) is -0.0262. The monoisotopic (exact) mass is 455 g/mol. The van der Waals surface area contributed by atoms with E-state index in [4.69, 9.17) is 52.7 Å². The van der Waals surface area contributed by atoms with E-state index in [9.17, 15) is 0 Å². The molecule has 11 heteroatoms. The quantitative estimate of drug-likeness (QED) is 0.232. The molecule has 0 saturated carbocycles. The number of hydrogen-bond acceptors (Lipinski definition) is 6. The minimum absolute atomic E-state index is 0.0262. The smallest absolute Gasteiger partial charge is 0.291 e. The summed E-state index contributed by atoms with van der Waals surface area (Å²) >= 11 is 12.7. The molecule has 1 unspecified atom stereocenters. The summed E-state index contributed by atoms with van der Waals surface area (Å²) in [5.41, 5.74) is 0.975. The lowest BCUT2D eigenvalue weighted by atomic mass is 10.1. The zero-order chi connectivity index (χ0) is 22.0. The third-order valence-corrected chi connectivity index (χ3v) is 4.48. The van der Waals surface area contributed by atoms with Crippen LogP contribution in [0.25, 0.3) is 0 Å². The Hall–Kier alpha value is -3.01. The minimum Gasteiger partial charge on any atom is -0.497 e. The molecule has 0 spiro atoms. The lowest BCUT2D eigenvalue weighted by Crippen LogP contribution is -2.33. The molecule has 2 aromatic carbocycles. The zero-order valence-electron chi connectivity index (χ0n) is 15.9. The number of nitrogens with zero attached hydrogens (tertiary/aromatic N) is 3. The van der Waals surface area contributed by atoms with Crippen LogP contribution in [0.3, 0.4) is 0 Å². The van der Waals surface area contributed by atoms with Crippen LogP contribution < -0.4 is 9.47 Å². The van der Waals surface area contributed by atoms with Crippen molar-refractivity contribution < 1.29 is 24.5 Å². The van der Waals surface area contributed by atoms with E-state index in [0.717, 1.165) is 11.3 Å². The molecule has 1 atom stereocenters. The maximum absolute atomic E-state index is 8.36. The fourth-order valence-corrected chi connectivity index (χ4v) is 2.81. The van der Waals surface area contributed by atoms with Crippen molar-refractivity contribution in [3.05, 3.63) is 88.0 Å². The SMILES string of the molecule is COc1ccc(OCOC(Cl)(Cc2ccc(Cl)cc2)n2ccnc2)cc1.O=[N+]([O-])O. The molecular formula is C19H19Cl2N3O6. The lowest BCUT2D eigenvalue weighted by molar-refractivity contribution is -0.742. The number of halogens is 2. The number of rotatable bonds is 8. The topological polar surface area (TPSA) is 109 Å². The molecule has 1 N–H and O–H groups in total. The molecule has 1 heterocycles. The summed E-state index contributed by atoms with van der Waals surface area (Å²) in [4.78, 5) is 12.4. The first-order chi connectivity index (χ1) is 14.3. The maximum Gasteiger partial charge on any atom is 0.291 e. The normalized spacial score (nSPS) is 12.2. The Kier molecular flexibility index (Phi) is 8.72. The van der Waals surface area contributed by atoms with Crippen LogP contribution >= 0.6 is 23.2 Å². The maximum atomic E-state index is 8.36. The molecule has 3 rings (SSSR count). The fraction of sp³-hybridized carbons (Fsp3) is 0.211. The van der Waals surface area contributed by atoms with Gasteiger partial charge in [0.15, 0.2) is 6.79 Å². The van der Waals surface area contributed by atoms with E-state index >= 15 is 0 Å². The minimum atomic E-state index is -1.50. The first kappa shape index (κ1) is 23.3. The summed E-state index contributed by atoms with van der Waals surface area (Å²) in [5.74, 6) is 1.41. The molecule has 160 valence electrons. The Morgan fingerprint density at radius 3 is 2.30 bits per heavy atom. The summed E-state index contributed by atoms with van der Waals surface area (Å²) in [7, 11) is 1.61. The predicted molar refractivity (Wildman–Crippen MR) is 110 cm³/mol. The van der Waals surface area contributed by atoms with Crippen molar-refractivity contribution in [2.24, 2.45) is 0 Å². The van der Waals surface area contributed by atoms with Gasteiger partial charge in [0.2, 0.25) is 5.18 Å². The predicted octanol–water partition coefficient (Wildman–Crippen LogP) is 4.34. The van der Waals surface area contributed by atoms with Crippen LogP contribution in [0.5, 0.6) is 11.5 Å². The standard InChI is InChI=1S/C19H18Cl2N2O3.HNO3/c1-24-17-6-8-18(9-7-17)25-14-26-19(21,23-11-10-22-13-23)12-15-2-4-16(20)5-3-15;2-1(3)4/h2-11,13H,12,14H2,1H3;(H,2,3,4). The molecule has 3 aromatic rings. The van der Waals surface area contributed by atoms with E-state index < -0.39 is 10.3 Å². The largest absolute Gasteiger partial charge is 0.497 e. The molecule has 0 aliphatic rings. The third-order valence-electron chi connectivity index (χ3n) is 3.79. The van der Waals surface area contributed by atoms with Gasteiger partial charge < -0.3 is 19.4 Å². The number of benzene rings is 2.